The molecule has 0 saturated carbocycles. The fourth-order valence-corrected chi connectivity index (χ4v) is 2.87. The van der Waals surface area contributed by atoms with Crippen molar-refractivity contribution in [3.05, 3.63) is 29.8 Å². The molecule has 0 aliphatic carbocycles. The zero-order chi connectivity index (χ0) is 20.1. The maximum absolute atomic E-state index is 12.3. The number of carbonyl (C=O) groups is 1. The second kappa shape index (κ2) is 8.82. The first kappa shape index (κ1) is 21.3. The van der Waals surface area contributed by atoms with Gasteiger partial charge < -0.3 is 14.8 Å². The largest absolute Gasteiger partial charge is 0.484 e. The Balaban J connectivity index is 1.78. The number of halogens is 3. The molecule has 8 heteroatoms. The Hall–Kier alpha value is -1.96. The highest BCUT2D eigenvalue weighted by Gasteiger charge is 2.28. The Bertz CT molecular complexity index is 621. The summed E-state index contributed by atoms with van der Waals surface area (Å²) in [6, 6.07) is 6.78. The lowest BCUT2D eigenvalue weighted by Crippen LogP contribution is -2.45. The molecule has 0 radical (unpaired) electrons. The van der Waals surface area contributed by atoms with Gasteiger partial charge in [0.1, 0.15) is 11.4 Å². The molecule has 0 atom stereocenters. The number of carbonyl (C=O) groups excluding carboxylic acids is 1. The average Bonchev–Trinajstić information content (AvgIpc) is 2.53. The van der Waals surface area contributed by atoms with E-state index in [0.717, 1.165) is 31.5 Å². The molecule has 1 saturated heterocycles. The number of benzene rings is 1. The van der Waals surface area contributed by atoms with E-state index in [4.69, 9.17) is 9.47 Å². The van der Waals surface area contributed by atoms with Gasteiger partial charge in [0.15, 0.2) is 6.61 Å². The van der Waals surface area contributed by atoms with Crippen LogP contribution in [0.5, 0.6) is 5.75 Å². The Morgan fingerprint density at radius 3 is 2.48 bits per heavy atom. The van der Waals surface area contributed by atoms with E-state index in [9.17, 15) is 18.0 Å². The standard InChI is InChI=1S/C19H27F3N2O3/c1-18(2,3)27-17(25)23-15-7-9-24(10-8-15)12-14-5-4-6-16(11-14)26-13-19(20,21)22/h4-6,11,15H,7-10,12-13H2,1-3H3,(H,23,25). The zero-order valence-electron chi connectivity index (χ0n) is 15.9. The number of alkyl carbamates (subject to hydrolysis) is 1. The van der Waals surface area contributed by atoms with Gasteiger partial charge in [0.25, 0.3) is 0 Å². The van der Waals surface area contributed by atoms with Crippen LogP contribution in [0.3, 0.4) is 0 Å². The number of piperidine rings is 1. The highest BCUT2D eigenvalue weighted by atomic mass is 19.4. The van der Waals surface area contributed by atoms with Gasteiger partial charge in [-0.1, -0.05) is 12.1 Å². The Labute approximate surface area is 157 Å². The topological polar surface area (TPSA) is 50.8 Å². The van der Waals surface area contributed by atoms with Crippen LogP contribution in [-0.4, -0.2) is 48.5 Å². The van der Waals surface area contributed by atoms with E-state index in [0.29, 0.717) is 6.54 Å². The quantitative estimate of drug-likeness (QED) is 0.825. The molecule has 1 N–H and O–H groups in total. The van der Waals surface area contributed by atoms with Crippen LogP contribution in [-0.2, 0) is 11.3 Å². The fourth-order valence-electron chi connectivity index (χ4n) is 2.87. The van der Waals surface area contributed by atoms with Crippen molar-refractivity contribution in [2.75, 3.05) is 19.7 Å². The van der Waals surface area contributed by atoms with E-state index in [1.54, 1.807) is 12.1 Å². The minimum Gasteiger partial charge on any atom is -0.484 e. The number of hydrogen-bond donors (Lipinski definition) is 1. The van der Waals surface area contributed by atoms with Crippen molar-refractivity contribution in [3.8, 4) is 5.75 Å². The molecule has 0 unspecified atom stereocenters. The molecule has 1 aromatic carbocycles. The Morgan fingerprint density at radius 1 is 1.22 bits per heavy atom. The molecule has 1 heterocycles. The molecule has 1 aliphatic heterocycles. The third-order valence-corrected chi connectivity index (χ3v) is 4.02. The predicted octanol–water partition coefficient (Wildman–Crippen LogP) is 4.12. The second-order valence-corrected chi connectivity index (χ2v) is 7.75. The van der Waals surface area contributed by atoms with Gasteiger partial charge in [-0.25, -0.2) is 4.79 Å². The number of nitrogens with zero attached hydrogens (tertiary/aromatic N) is 1. The van der Waals surface area contributed by atoms with Crippen molar-refractivity contribution < 1.29 is 27.4 Å². The molecule has 5 nitrogen and oxygen atoms in total. The summed E-state index contributed by atoms with van der Waals surface area (Å²) in [5, 5.41) is 2.89. The van der Waals surface area contributed by atoms with Gasteiger partial charge in [-0.2, -0.15) is 13.2 Å². The van der Waals surface area contributed by atoms with Crippen LogP contribution in [0.25, 0.3) is 0 Å². The predicted molar refractivity (Wildman–Crippen MR) is 95.7 cm³/mol. The average molecular weight is 388 g/mol. The van der Waals surface area contributed by atoms with Crippen LogP contribution in [0.15, 0.2) is 24.3 Å². The van der Waals surface area contributed by atoms with Gasteiger partial charge in [-0.15, -0.1) is 0 Å². The molecule has 1 fully saturated rings. The zero-order valence-corrected chi connectivity index (χ0v) is 15.9. The third kappa shape index (κ3) is 8.51. The molecular formula is C19H27F3N2O3. The summed E-state index contributed by atoms with van der Waals surface area (Å²) in [6.07, 6.45) is -3.16. The first-order valence-electron chi connectivity index (χ1n) is 9.00. The minimum atomic E-state index is -4.35. The number of rotatable bonds is 5. The van der Waals surface area contributed by atoms with Gasteiger partial charge in [0.05, 0.1) is 0 Å². The van der Waals surface area contributed by atoms with Crippen LogP contribution in [0.1, 0.15) is 39.2 Å². The van der Waals surface area contributed by atoms with E-state index in [2.05, 4.69) is 10.2 Å². The van der Waals surface area contributed by atoms with E-state index in [1.807, 2.05) is 26.8 Å². The maximum Gasteiger partial charge on any atom is 0.422 e. The Morgan fingerprint density at radius 2 is 1.89 bits per heavy atom. The highest BCUT2D eigenvalue weighted by molar-refractivity contribution is 5.68. The van der Waals surface area contributed by atoms with E-state index < -0.39 is 24.5 Å². The van der Waals surface area contributed by atoms with Crippen molar-refractivity contribution in [1.29, 1.82) is 0 Å². The van der Waals surface area contributed by atoms with Crippen molar-refractivity contribution >= 4 is 6.09 Å². The third-order valence-electron chi connectivity index (χ3n) is 4.02. The van der Waals surface area contributed by atoms with Gasteiger partial charge >= 0.3 is 12.3 Å². The lowest BCUT2D eigenvalue weighted by atomic mass is 10.0. The van der Waals surface area contributed by atoms with Gasteiger partial charge in [-0.3, -0.25) is 4.90 Å². The Kier molecular flexibility index (Phi) is 6.97. The first-order chi connectivity index (χ1) is 12.5. The van der Waals surface area contributed by atoms with Gasteiger partial charge in [0, 0.05) is 25.7 Å². The maximum atomic E-state index is 12.3. The molecule has 27 heavy (non-hydrogen) atoms. The molecule has 1 aromatic rings. The summed E-state index contributed by atoms with van der Waals surface area (Å²) in [7, 11) is 0. The van der Waals surface area contributed by atoms with Crippen LogP contribution in [0.2, 0.25) is 0 Å². The van der Waals surface area contributed by atoms with Gasteiger partial charge in [0.2, 0.25) is 0 Å². The molecule has 0 bridgehead atoms. The van der Waals surface area contributed by atoms with Crippen LogP contribution in [0.4, 0.5) is 18.0 Å². The molecule has 0 spiro atoms. The van der Waals surface area contributed by atoms with E-state index >= 15 is 0 Å². The van der Waals surface area contributed by atoms with E-state index in [1.165, 1.54) is 6.07 Å². The van der Waals surface area contributed by atoms with Crippen molar-refractivity contribution in [3.63, 3.8) is 0 Å². The lowest BCUT2D eigenvalue weighted by molar-refractivity contribution is -0.153. The number of alkyl halides is 3. The smallest absolute Gasteiger partial charge is 0.422 e. The number of amides is 1. The van der Waals surface area contributed by atoms with Crippen LogP contribution < -0.4 is 10.1 Å². The van der Waals surface area contributed by atoms with Crippen LogP contribution in [0, 0.1) is 0 Å². The molecule has 152 valence electrons. The molecule has 1 amide bonds. The van der Waals surface area contributed by atoms with Crippen LogP contribution >= 0.6 is 0 Å². The van der Waals surface area contributed by atoms with Crippen molar-refractivity contribution in [1.82, 2.24) is 10.2 Å². The fraction of sp³-hybridized carbons (Fsp3) is 0.632. The monoisotopic (exact) mass is 388 g/mol. The number of nitrogens with one attached hydrogen (secondary N) is 1. The summed E-state index contributed by atoms with van der Waals surface area (Å²) >= 11 is 0. The summed E-state index contributed by atoms with van der Waals surface area (Å²) in [6.45, 7) is 6.37. The molecule has 1 aliphatic rings. The molecule has 0 aromatic heterocycles. The summed E-state index contributed by atoms with van der Waals surface area (Å²) in [5.41, 5.74) is 0.373. The summed E-state index contributed by atoms with van der Waals surface area (Å²) in [4.78, 5) is 14.0. The number of hydrogen-bond acceptors (Lipinski definition) is 4. The molecular weight excluding hydrogens is 361 g/mol. The number of likely N-dealkylation sites (tertiary alicyclic amines) is 1. The summed E-state index contributed by atoms with van der Waals surface area (Å²) in [5.74, 6) is 0.214. The lowest BCUT2D eigenvalue weighted by Gasteiger charge is -2.32. The normalized spacial score (nSPS) is 16.8. The first-order valence-corrected chi connectivity index (χ1v) is 9.00. The second-order valence-electron chi connectivity index (χ2n) is 7.75. The summed E-state index contributed by atoms with van der Waals surface area (Å²) < 4.78 is 46.8. The molecule has 2 rings (SSSR count). The minimum absolute atomic E-state index is 0.0672. The van der Waals surface area contributed by atoms with Crippen molar-refractivity contribution in [2.24, 2.45) is 0 Å². The number of ether oxygens (including phenoxy) is 2. The van der Waals surface area contributed by atoms with E-state index in [-0.39, 0.29) is 11.8 Å². The van der Waals surface area contributed by atoms with Crippen molar-refractivity contribution in [2.45, 2.75) is 58.0 Å². The van der Waals surface area contributed by atoms with Gasteiger partial charge in [-0.05, 0) is 51.3 Å². The highest BCUT2D eigenvalue weighted by Crippen LogP contribution is 2.21. The SMILES string of the molecule is CC(C)(C)OC(=O)NC1CCN(Cc2cccc(OCC(F)(F)F)c2)CC1.